The number of aliphatic hydroxyl groups excluding tert-OH is 1. The standard InChI is InChI=1S/C14H16N2O3S/c1-12(10-15)20(18,19)16(2)11-14-7-5-13(6-8-14)4-3-9-17/h5-8,12,17H,9,11H2,1-2H3. The van der Waals surface area contributed by atoms with E-state index in [1.807, 2.05) is 0 Å². The van der Waals surface area contributed by atoms with Crippen LogP contribution in [-0.4, -0.2) is 36.7 Å². The van der Waals surface area contributed by atoms with Crippen LogP contribution in [0.2, 0.25) is 0 Å². The third kappa shape index (κ3) is 4.07. The van der Waals surface area contributed by atoms with Gasteiger partial charge in [-0.25, -0.2) is 8.42 Å². The first-order valence-corrected chi connectivity index (χ1v) is 7.45. The van der Waals surface area contributed by atoms with Gasteiger partial charge in [-0.15, -0.1) is 0 Å². The van der Waals surface area contributed by atoms with Gasteiger partial charge in [-0.1, -0.05) is 24.0 Å². The smallest absolute Gasteiger partial charge is 0.230 e. The number of rotatable bonds is 4. The Kier molecular flexibility index (Phi) is 5.72. The Morgan fingerprint density at radius 2 is 1.95 bits per heavy atom. The van der Waals surface area contributed by atoms with Gasteiger partial charge in [0.2, 0.25) is 10.0 Å². The first kappa shape index (κ1) is 16.2. The zero-order chi connectivity index (χ0) is 15.2. The lowest BCUT2D eigenvalue weighted by atomic mass is 10.1. The minimum absolute atomic E-state index is 0.196. The first-order chi connectivity index (χ1) is 9.41. The van der Waals surface area contributed by atoms with Crippen LogP contribution in [0, 0.1) is 23.2 Å². The molecule has 0 heterocycles. The highest BCUT2D eigenvalue weighted by Crippen LogP contribution is 2.12. The quantitative estimate of drug-likeness (QED) is 0.828. The Hall–Kier alpha value is -1.86. The van der Waals surface area contributed by atoms with Crippen molar-refractivity contribution in [2.24, 2.45) is 0 Å². The van der Waals surface area contributed by atoms with Gasteiger partial charge in [-0.3, -0.25) is 0 Å². The molecule has 0 bridgehead atoms. The van der Waals surface area contributed by atoms with Crippen LogP contribution in [-0.2, 0) is 16.6 Å². The van der Waals surface area contributed by atoms with E-state index in [4.69, 9.17) is 10.4 Å². The van der Waals surface area contributed by atoms with Crippen LogP contribution in [0.4, 0.5) is 0 Å². The molecule has 0 amide bonds. The summed E-state index contributed by atoms with van der Waals surface area (Å²) in [5.41, 5.74) is 1.55. The Balaban J connectivity index is 2.82. The van der Waals surface area contributed by atoms with Gasteiger partial charge >= 0.3 is 0 Å². The summed E-state index contributed by atoms with van der Waals surface area (Å²) < 4.78 is 25.0. The van der Waals surface area contributed by atoms with E-state index in [1.54, 1.807) is 30.3 Å². The molecule has 0 saturated carbocycles. The van der Waals surface area contributed by atoms with Gasteiger partial charge in [0, 0.05) is 19.2 Å². The summed E-state index contributed by atoms with van der Waals surface area (Å²) in [4.78, 5) is 0. The maximum absolute atomic E-state index is 11.9. The van der Waals surface area contributed by atoms with E-state index in [-0.39, 0.29) is 13.2 Å². The molecule has 0 aromatic heterocycles. The summed E-state index contributed by atoms with van der Waals surface area (Å²) in [7, 11) is -2.15. The zero-order valence-electron chi connectivity index (χ0n) is 11.4. The molecular formula is C14H16N2O3S. The van der Waals surface area contributed by atoms with Crippen molar-refractivity contribution >= 4 is 10.0 Å². The number of sulfonamides is 1. The van der Waals surface area contributed by atoms with E-state index in [0.29, 0.717) is 0 Å². The number of benzene rings is 1. The van der Waals surface area contributed by atoms with Crippen LogP contribution in [0.3, 0.4) is 0 Å². The fourth-order valence-corrected chi connectivity index (χ4v) is 2.52. The second-order valence-electron chi connectivity index (χ2n) is 4.23. The molecule has 0 fully saturated rings. The molecule has 20 heavy (non-hydrogen) atoms. The topological polar surface area (TPSA) is 81.4 Å². The Morgan fingerprint density at radius 1 is 1.35 bits per heavy atom. The highest BCUT2D eigenvalue weighted by molar-refractivity contribution is 7.89. The molecule has 5 nitrogen and oxygen atoms in total. The molecule has 0 aliphatic heterocycles. The molecule has 106 valence electrons. The van der Waals surface area contributed by atoms with Crippen molar-refractivity contribution in [3.63, 3.8) is 0 Å². The summed E-state index contributed by atoms with van der Waals surface area (Å²) in [5, 5.41) is 16.2. The van der Waals surface area contributed by atoms with Crippen LogP contribution in [0.15, 0.2) is 24.3 Å². The fraction of sp³-hybridized carbons (Fsp3) is 0.357. The second-order valence-corrected chi connectivity index (χ2v) is 6.59. The van der Waals surface area contributed by atoms with Crippen LogP contribution in [0.5, 0.6) is 0 Å². The van der Waals surface area contributed by atoms with Crippen molar-refractivity contribution in [3.8, 4) is 17.9 Å². The molecule has 0 aliphatic rings. The third-order valence-electron chi connectivity index (χ3n) is 2.73. The van der Waals surface area contributed by atoms with E-state index in [9.17, 15) is 8.42 Å². The van der Waals surface area contributed by atoms with Crippen molar-refractivity contribution in [2.45, 2.75) is 18.7 Å². The molecular weight excluding hydrogens is 276 g/mol. The fourth-order valence-electron chi connectivity index (χ4n) is 1.52. The number of hydrogen-bond donors (Lipinski definition) is 1. The number of aliphatic hydroxyl groups is 1. The SMILES string of the molecule is CC(C#N)S(=O)(=O)N(C)Cc1ccc(C#CCO)cc1. The first-order valence-electron chi connectivity index (χ1n) is 5.95. The molecule has 1 rings (SSSR count). The molecule has 6 heteroatoms. The van der Waals surface area contributed by atoms with Crippen molar-refractivity contribution in [1.82, 2.24) is 4.31 Å². The number of nitrogens with zero attached hydrogens (tertiary/aromatic N) is 2. The summed E-state index contributed by atoms with van der Waals surface area (Å²) in [5.74, 6) is 5.29. The maximum Gasteiger partial charge on any atom is 0.230 e. The molecule has 1 atom stereocenters. The number of nitriles is 1. The summed E-state index contributed by atoms with van der Waals surface area (Å²) >= 11 is 0. The van der Waals surface area contributed by atoms with E-state index in [2.05, 4.69) is 11.8 Å². The van der Waals surface area contributed by atoms with Gasteiger partial charge in [-0.05, 0) is 24.6 Å². The van der Waals surface area contributed by atoms with Gasteiger partial charge < -0.3 is 5.11 Å². The monoisotopic (exact) mass is 292 g/mol. The molecule has 0 radical (unpaired) electrons. The molecule has 1 unspecified atom stereocenters. The highest BCUT2D eigenvalue weighted by atomic mass is 32.2. The second kappa shape index (κ2) is 7.06. The molecule has 0 saturated heterocycles. The highest BCUT2D eigenvalue weighted by Gasteiger charge is 2.25. The summed E-state index contributed by atoms with van der Waals surface area (Å²) in [6.45, 7) is 1.36. The lowest BCUT2D eigenvalue weighted by Gasteiger charge is -2.18. The largest absolute Gasteiger partial charge is 0.384 e. The van der Waals surface area contributed by atoms with Gasteiger partial charge in [0.15, 0.2) is 5.25 Å². The molecule has 0 aliphatic carbocycles. The third-order valence-corrected chi connectivity index (χ3v) is 4.73. The number of hydrogen-bond acceptors (Lipinski definition) is 4. The van der Waals surface area contributed by atoms with Crippen molar-refractivity contribution in [2.75, 3.05) is 13.7 Å². The van der Waals surface area contributed by atoms with E-state index < -0.39 is 15.3 Å². The van der Waals surface area contributed by atoms with Gasteiger partial charge in [0.05, 0.1) is 6.07 Å². The van der Waals surface area contributed by atoms with Crippen LogP contribution in [0.25, 0.3) is 0 Å². The van der Waals surface area contributed by atoms with E-state index >= 15 is 0 Å². The van der Waals surface area contributed by atoms with Crippen LogP contribution < -0.4 is 0 Å². The maximum atomic E-state index is 11.9. The van der Waals surface area contributed by atoms with E-state index in [0.717, 1.165) is 15.4 Å². The normalized spacial score (nSPS) is 12.3. The van der Waals surface area contributed by atoms with Crippen LogP contribution in [0.1, 0.15) is 18.1 Å². The van der Waals surface area contributed by atoms with Gasteiger partial charge in [0.1, 0.15) is 6.61 Å². The van der Waals surface area contributed by atoms with Crippen molar-refractivity contribution in [3.05, 3.63) is 35.4 Å². The Labute approximate surface area is 119 Å². The minimum atomic E-state index is -3.60. The van der Waals surface area contributed by atoms with Crippen molar-refractivity contribution in [1.29, 1.82) is 5.26 Å². The molecule has 1 N–H and O–H groups in total. The average Bonchev–Trinajstić information content (AvgIpc) is 2.45. The molecule has 0 spiro atoms. The van der Waals surface area contributed by atoms with Gasteiger partial charge in [-0.2, -0.15) is 9.57 Å². The summed E-state index contributed by atoms with van der Waals surface area (Å²) in [6.07, 6.45) is 0. The summed E-state index contributed by atoms with van der Waals surface area (Å²) in [6, 6.07) is 8.78. The lowest BCUT2D eigenvalue weighted by molar-refractivity contribution is 0.350. The minimum Gasteiger partial charge on any atom is -0.384 e. The van der Waals surface area contributed by atoms with Crippen LogP contribution >= 0.6 is 0 Å². The lowest BCUT2D eigenvalue weighted by Crippen LogP contribution is -2.33. The Morgan fingerprint density at radius 3 is 2.45 bits per heavy atom. The van der Waals surface area contributed by atoms with E-state index in [1.165, 1.54) is 14.0 Å². The predicted octanol–water partition coefficient (Wildman–Crippen LogP) is 0.704. The van der Waals surface area contributed by atoms with Gasteiger partial charge in [0.25, 0.3) is 0 Å². The van der Waals surface area contributed by atoms with Crippen molar-refractivity contribution < 1.29 is 13.5 Å². The Bertz CT molecular complexity index is 648. The molecule has 1 aromatic rings. The molecule has 1 aromatic carbocycles. The average molecular weight is 292 g/mol. The predicted molar refractivity (Wildman–Crippen MR) is 75.9 cm³/mol. The zero-order valence-corrected chi connectivity index (χ0v) is 12.2.